The van der Waals surface area contributed by atoms with Crippen LogP contribution in [0.5, 0.6) is 0 Å². The number of anilines is 1. The number of carbonyl (C=O) groups excluding carboxylic acids is 2. The lowest BCUT2D eigenvalue weighted by Gasteiger charge is -2.27. The fourth-order valence-electron chi connectivity index (χ4n) is 3.42. The Morgan fingerprint density at radius 2 is 1.62 bits per heavy atom. The summed E-state index contributed by atoms with van der Waals surface area (Å²) in [6, 6.07) is 7.10. The molecule has 26 heavy (non-hydrogen) atoms. The Morgan fingerprint density at radius 3 is 2.12 bits per heavy atom. The van der Waals surface area contributed by atoms with Crippen LogP contribution in [0.1, 0.15) is 50.5 Å². The van der Waals surface area contributed by atoms with Crippen molar-refractivity contribution in [3.8, 4) is 0 Å². The Kier molecular flexibility index (Phi) is 6.77. The normalized spacial score (nSPS) is 16.4. The zero-order valence-corrected chi connectivity index (χ0v) is 15.6. The molecule has 1 aromatic rings. The van der Waals surface area contributed by atoms with E-state index in [4.69, 9.17) is 0 Å². The van der Waals surface area contributed by atoms with Crippen molar-refractivity contribution in [2.75, 3.05) is 19.4 Å². The second-order valence-electron chi connectivity index (χ2n) is 7.39. The largest absolute Gasteiger partial charge is 0.481 e. The first-order chi connectivity index (χ1) is 12.3. The third-order valence-electron chi connectivity index (χ3n) is 5.11. The molecular formula is C20H28N2O4. The maximum absolute atomic E-state index is 12.4. The number of carboxylic acid groups (broad SMARTS) is 1. The summed E-state index contributed by atoms with van der Waals surface area (Å²) in [5.74, 6) is -1.13. The van der Waals surface area contributed by atoms with E-state index >= 15 is 0 Å². The number of aliphatic carboxylic acids is 1. The minimum Gasteiger partial charge on any atom is -0.481 e. The number of rotatable bonds is 6. The number of carboxylic acids is 1. The minimum absolute atomic E-state index is 0.00317. The lowest BCUT2D eigenvalue weighted by molar-refractivity contribution is -0.152. The summed E-state index contributed by atoms with van der Waals surface area (Å²) in [6.07, 6.45) is 5.20. The molecule has 0 aromatic heterocycles. The van der Waals surface area contributed by atoms with Gasteiger partial charge in [0, 0.05) is 26.2 Å². The fourth-order valence-corrected chi connectivity index (χ4v) is 3.42. The van der Waals surface area contributed by atoms with Crippen molar-refractivity contribution in [2.45, 2.75) is 51.4 Å². The second-order valence-corrected chi connectivity index (χ2v) is 7.39. The molecule has 2 rings (SSSR count). The van der Waals surface area contributed by atoms with E-state index in [0.29, 0.717) is 24.9 Å². The first-order valence-electron chi connectivity index (χ1n) is 9.15. The molecule has 1 fully saturated rings. The average Bonchev–Trinajstić information content (AvgIpc) is 2.83. The molecule has 1 saturated carbocycles. The molecule has 1 aromatic carbocycles. The highest BCUT2D eigenvalue weighted by molar-refractivity contribution is 5.94. The zero-order valence-electron chi connectivity index (χ0n) is 15.6. The van der Waals surface area contributed by atoms with Crippen LogP contribution in [0.15, 0.2) is 24.3 Å². The lowest BCUT2D eigenvalue weighted by Crippen LogP contribution is -2.35. The van der Waals surface area contributed by atoms with Crippen LogP contribution < -0.4 is 5.32 Å². The molecule has 0 saturated heterocycles. The molecule has 6 nitrogen and oxygen atoms in total. The molecule has 0 heterocycles. The summed E-state index contributed by atoms with van der Waals surface area (Å²) < 4.78 is 0. The van der Waals surface area contributed by atoms with E-state index in [2.05, 4.69) is 5.32 Å². The van der Waals surface area contributed by atoms with Crippen molar-refractivity contribution in [3.63, 3.8) is 0 Å². The Morgan fingerprint density at radius 1 is 1.04 bits per heavy atom. The van der Waals surface area contributed by atoms with Crippen molar-refractivity contribution in [2.24, 2.45) is 5.41 Å². The van der Waals surface area contributed by atoms with Gasteiger partial charge in [-0.15, -0.1) is 0 Å². The van der Waals surface area contributed by atoms with Gasteiger partial charge in [-0.25, -0.2) is 0 Å². The van der Waals surface area contributed by atoms with Crippen molar-refractivity contribution in [1.82, 2.24) is 4.90 Å². The number of likely N-dealkylation sites (N-methyl/N-ethyl adjacent to an activating group) is 1. The maximum Gasteiger partial charge on any atom is 0.310 e. The number of carbonyl (C=O) groups is 3. The second kappa shape index (κ2) is 8.83. The van der Waals surface area contributed by atoms with E-state index in [1.165, 1.54) is 4.90 Å². The van der Waals surface area contributed by atoms with Gasteiger partial charge in [-0.3, -0.25) is 14.4 Å². The maximum atomic E-state index is 12.4. The highest BCUT2D eigenvalue weighted by Crippen LogP contribution is 2.38. The Hall–Kier alpha value is -2.37. The van der Waals surface area contributed by atoms with Gasteiger partial charge in [-0.2, -0.15) is 0 Å². The molecule has 0 unspecified atom stereocenters. The number of amides is 2. The number of nitrogens with one attached hydrogen (secondary N) is 1. The Balaban J connectivity index is 1.98. The smallest absolute Gasteiger partial charge is 0.310 e. The molecule has 0 atom stereocenters. The SMILES string of the molecule is CN(C)C(=O)Cc1ccc(NC(=O)CC2(C(=O)O)CCCCCC2)cc1. The molecular weight excluding hydrogens is 332 g/mol. The van der Waals surface area contributed by atoms with Crippen LogP contribution in [0.25, 0.3) is 0 Å². The molecule has 0 spiro atoms. The summed E-state index contributed by atoms with van der Waals surface area (Å²) in [5.41, 5.74) is 0.538. The van der Waals surface area contributed by atoms with Crippen LogP contribution in [-0.2, 0) is 20.8 Å². The zero-order chi connectivity index (χ0) is 19.2. The van der Waals surface area contributed by atoms with E-state index < -0.39 is 11.4 Å². The van der Waals surface area contributed by atoms with Crippen LogP contribution in [0.4, 0.5) is 5.69 Å². The molecule has 1 aliphatic carbocycles. The van der Waals surface area contributed by atoms with E-state index in [0.717, 1.165) is 31.2 Å². The van der Waals surface area contributed by atoms with Crippen molar-refractivity contribution in [1.29, 1.82) is 0 Å². The third-order valence-corrected chi connectivity index (χ3v) is 5.11. The third kappa shape index (κ3) is 5.31. The van der Waals surface area contributed by atoms with Crippen LogP contribution in [0.2, 0.25) is 0 Å². The van der Waals surface area contributed by atoms with Crippen LogP contribution >= 0.6 is 0 Å². The quantitative estimate of drug-likeness (QED) is 0.763. The van der Waals surface area contributed by atoms with Gasteiger partial charge in [0.25, 0.3) is 0 Å². The van der Waals surface area contributed by atoms with Crippen LogP contribution in [0.3, 0.4) is 0 Å². The van der Waals surface area contributed by atoms with E-state index in [9.17, 15) is 19.5 Å². The van der Waals surface area contributed by atoms with Crippen molar-refractivity contribution in [3.05, 3.63) is 29.8 Å². The monoisotopic (exact) mass is 360 g/mol. The number of hydrogen-bond acceptors (Lipinski definition) is 3. The molecule has 2 N–H and O–H groups in total. The highest BCUT2D eigenvalue weighted by Gasteiger charge is 2.40. The van der Waals surface area contributed by atoms with Gasteiger partial charge in [0.05, 0.1) is 11.8 Å². The van der Waals surface area contributed by atoms with Crippen LogP contribution in [0, 0.1) is 5.41 Å². The van der Waals surface area contributed by atoms with Gasteiger partial charge in [0.2, 0.25) is 11.8 Å². The van der Waals surface area contributed by atoms with Crippen molar-refractivity contribution >= 4 is 23.5 Å². The molecule has 142 valence electrons. The first kappa shape index (κ1) is 19.9. The first-order valence-corrected chi connectivity index (χ1v) is 9.15. The lowest BCUT2D eigenvalue weighted by atomic mass is 9.77. The van der Waals surface area contributed by atoms with E-state index in [1.54, 1.807) is 38.4 Å². The summed E-state index contributed by atoms with van der Waals surface area (Å²) in [4.78, 5) is 37.5. The standard InChI is InChI=1S/C20H28N2O4/c1-22(2)18(24)13-15-7-9-16(10-8-15)21-17(23)14-20(19(25)26)11-5-3-4-6-12-20/h7-10H,3-6,11-14H2,1-2H3,(H,21,23)(H,25,26). The number of hydrogen-bond donors (Lipinski definition) is 2. The Bertz CT molecular complexity index is 644. The van der Waals surface area contributed by atoms with E-state index in [1.807, 2.05) is 0 Å². The van der Waals surface area contributed by atoms with Gasteiger partial charge >= 0.3 is 5.97 Å². The summed E-state index contributed by atoms with van der Waals surface area (Å²) in [6.45, 7) is 0. The molecule has 1 aliphatic rings. The summed E-state index contributed by atoms with van der Waals surface area (Å²) >= 11 is 0. The molecule has 2 amide bonds. The molecule has 0 radical (unpaired) electrons. The predicted octanol–water partition coefficient (Wildman–Crippen LogP) is 3.07. The minimum atomic E-state index is -0.946. The molecule has 0 aliphatic heterocycles. The van der Waals surface area contributed by atoms with E-state index in [-0.39, 0.29) is 18.2 Å². The Labute approximate surface area is 154 Å². The highest BCUT2D eigenvalue weighted by atomic mass is 16.4. The fraction of sp³-hybridized carbons (Fsp3) is 0.550. The summed E-state index contributed by atoms with van der Waals surface area (Å²) in [7, 11) is 3.42. The number of benzene rings is 1. The van der Waals surface area contributed by atoms with Crippen LogP contribution in [-0.4, -0.2) is 41.9 Å². The van der Waals surface area contributed by atoms with Gasteiger partial charge in [0.1, 0.15) is 0 Å². The number of nitrogens with zero attached hydrogens (tertiary/aromatic N) is 1. The van der Waals surface area contributed by atoms with Gasteiger partial charge in [-0.1, -0.05) is 37.8 Å². The average molecular weight is 360 g/mol. The molecule has 0 bridgehead atoms. The summed E-state index contributed by atoms with van der Waals surface area (Å²) in [5, 5.41) is 12.5. The van der Waals surface area contributed by atoms with Gasteiger partial charge in [0.15, 0.2) is 0 Å². The molecule has 6 heteroatoms. The van der Waals surface area contributed by atoms with Gasteiger partial charge < -0.3 is 15.3 Å². The predicted molar refractivity (Wildman–Crippen MR) is 99.9 cm³/mol. The topological polar surface area (TPSA) is 86.7 Å². The van der Waals surface area contributed by atoms with Crippen molar-refractivity contribution < 1.29 is 19.5 Å². The van der Waals surface area contributed by atoms with Gasteiger partial charge in [-0.05, 0) is 30.5 Å².